The Balaban J connectivity index is 3.65. The van der Waals surface area contributed by atoms with Crippen LogP contribution in [0.15, 0.2) is 0 Å². The highest BCUT2D eigenvalue weighted by Gasteiger charge is 2.16. The normalized spacial score (nSPS) is 13.7. The summed E-state index contributed by atoms with van der Waals surface area (Å²) in [5, 5.41) is 6.20. The Labute approximate surface area is 124 Å². The number of amides is 1. The molecule has 0 aliphatic carbocycles. The van der Waals surface area contributed by atoms with Gasteiger partial charge >= 0.3 is 6.09 Å². The average molecular weight is 287 g/mol. The van der Waals surface area contributed by atoms with E-state index in [1.54, 1.807) is 0 Å². The molecule has 20 heavy (non-hydrogen) atoms. The van der Waals surface area contributed by atoms with Crippen molar-refractivity contribution >= 4 is 6.09 Å². The fourth-order valence-corrected chi connectivity index (χ4v) is 1.98. The maximum Gasteiger partial charge on any atom is 0.407 e. The quantitative estimate of drug-likeness (QED) is 0.671. The summed E-state index contributed by atoms with van der Waals surface area (Å²) in [5.74, 6) is 0.623. The van der Waals surface area contributed by atoms with Crippen molar-refractivity contribution in [2.24, 2.45) is 5.92 Å². The third kappa shape index (κ3) is 10.0. The van der Waals surface area contributed by atoms with E-state index in [1.807, 2.05) is 20.8 Å². The predicted octanol–water partition coefficient (Wildman–Crippen LogP) is 2.08. The lowest BCUT2D eigenvalue weighted by Gasteiger charge is -2.28. The van der Waals surface area contributed by atoms with Crippen molar-refractivity contribution in [3.05, 3.63) is 0 Å². The number of hydrogen-bond acceptors (Lipinski definition) is 4. The molecule has 1 unspecified atom stereocenters. The van der Waals surface area contributed by atoms with Gasteiger partial charge < -0.3 is 20.3 Å². The molecule has 0 aromatic heterocycles. The fourth-order valence-electron chi connectivity index (χ4n) is 1.98. The maximum absolute atomic E-state index is 11.4. The molecule has 0 aliphatic heterocycles. The molecule has 120 valence electrons. The summed E-state index contributed by atoms with van der Waals surface area (Å²) in [6.07, 6.45) is 0.558. The fraction of sp³-hybridized carbons (Fsp3) is 0.933. The Morgan fingerprint density at radius 3 is 2.25 bits per heavy atom. The van der Waals surface area contributed by atoms with Crippen LogP contribution < -0.4 is 10.6 Å². The van der Waals surface area contributed by atoms with Gasteiger partial charge in [0, 0.05) is 19.1 Å². The summed E-state index contributed by atoms with van der Waals surface area (Å²) in [4.78, 5) is 13.7. The number of nitrogens with zero attached hydrogens (tertiary/aromatic N) is 1. The highest BCUT2D eigenvalue weighted by molar-refractivity contribution is 5.67. The standard InChI is InChI=1S/C15H33N3O2/c1-12(2)13(18(6)7)11-16-9-8-10-17-14(19)20-15(3,4)5/h12-13,16H,8-11H2,1-7H3,(H,17,19). The van der Waals surface area contributed by atoms with Gasteiger partial charge in [-0.1, -0.05) is 13.8 Å². The first kappa shape index (κ1) is 19.2. The molecule has 5 heteroatoms. The molecular formula is C15H33N3O2. The molecule has 0 rings (SSSR count). The first-order chi connectivity index (χ1) is 9.13. The van der Waals surface area contributed by atoms with E-state index in [0.29, 0.717) is 18.5 Å². The summed E-state index contributed by atoms with van der Waals surface area (Å²) in [7, 11) is 4.22. The molecule has 0 aromatic rings. The number of alkyl carbamates (subject to hydrolysis) is 1. The van der Waals surface area contributed by atoms with E-state index in [0.717, 1.165) is 19.5 Å². The van der Waals surface area contributed by atoms with Crippen LogP contribution in [0.5, 0.6) is 0 Å². The molecule has 0 heterocycles. The Kier molecular flexibility index (Phi) is 8.81. The van der Waals surface area contributed by atoms with E-state index < -0.39 is 5.60 Å². The zero-order valence-corrected chi connectivity index (χ0v) is 14.2. The summed E-state index contributed by atoms with van der Waals surface area (Å²) in [6.45, 7) is 12.6. The number of hydrogen-bond donors (Lipinski definition) is 2. The highest BCUT2D eigenvalue weighted by atomic mass is 16.6. The van der Waals surface area contributed by atoms with Gasteiger partial charge in [0.15, 0.2) is 0 Å². The number of ether oxygens (including phenoxy) is 1. The number of carbonyl (C=O) groups excluding carboxylic acids is 1. The SMILES string of the molecule is CC(C)C(CNCCCNC(=O)OC(C)(C)C)N(C)C. The van der Waals surface area contributed by atoms with E-state index in [4.69, 9.17) is 4.74 Å². The molecule has 5 nitrogen and oxygen atoms in total. The molecule has 0 bridgehead atoms. The first-order valence-corrected chi connectivity index (χ1v) is 7.47. The molecule has 0 saturated heterocycles. The molecule has 0 fully saturated rings. The molecule has 0 spiro atoms. The van der Waals surface area contributed by atoms with Crippen LogP contribution in [0.1, 0.15) is 41.0 Å². The van der Waals surface area contributed by atoms with Crippen molar-refractivity contribution in [1.29, 1.82) is 0 Å². The van der Waals surface area contributed by atoms with Crippen molar-refractivity contribution in [2.45, 2.75) is 52.7 Å². The first-order valence-electron chi connectivity index (χ1n) is 7.47. The summed E-state index contributed by atoms with van der Waals surface area (Å²) in [6, 6.07) is 0.536. The Morgan fingerprint density at radius 2 is 1.80 bits per heavy atom. The van der Waals surface area contributed by atoms with E-state index in [-0.39, 0.29) is 6.09 Å². The van der Waals surface area contributed by atoms with E-state index in [1.165, 1.54) is 0 Å². The minimum Gasteiger partial charge on any atom is -0.444 e. The third-order valence-corrected chi connectivity index (χ3v) is 2.98. The van der Waals surface area contributed by atoms with Crippen molar-refractivity contribution in [2.75, 3.05) is 33.7 Å². The minimum absolute atomic E-state index is 0.342. The molecule has 0 saturated carbocycles. The molecule has 1 amide bonds. The zero-order valence-electron chi connectivity index (χ0n) is 14.2. The lowest BCUT2D eigenvalue weighted by molar-refractivity contribution is 0.0527. The van der Waals surface area contributed by atoms with Crippen molar-refractivity contribution < 1.29 is 9.53 Å². The third-order valence-electron chi connectivity index (χ3n) is 2.98. The molecule has 1 atom stereocenters. The van der Waals surface area contributed by atoms with Gasteiger partial charge in [-0.05, 0) is 53.8 Å². The van der Waals surface area contributed by atoms with Crippen LogP contribution >= 0.6 is 0 Å². The van der Waals surface area contributed by atoms with Crippen LogP contribution in [0, 0.1) is 5.92 Å². The average Bonchev–Trinajstić information content (AvgIpc) is 2.24. The second kappa shape index (κ2) is 9.19. The van der Waals surface area contributed by atoms with Crippen LogP contribution in [0.25, 0.3) is 0 Å². The Morgan fingerprint density at radius 1 is 1.20 bits per heavy atom. The van der Waals surface area contributed by atoms with Crippen molar-refractivity contribution in [1.82, 2.24) is 15.5 Å². The van der Waals surface area contributed by atoms with Gasteiger partial charge in [-0.25, -0.2) is 4.79 Å². The van der Waals surface area contributed by atoms with Crippen LogP contribution in [0.3, 0.4) is 0 Å². The molecule has 2 N–H and O–H groups in total. The van der Waals surface area contributed by atoms with E-state index in [9.17, 15) is 4.79 Å². The molecule has 0 aromatic carbocycles. The van der Waals surface area contributed by atoms with Crippen LogP contribution in [0.2, 0.25) is 0 Å². The van der Waals surface area contributed by atoms with E-state index in [2.05, 4.69) is 43.5 Å². The van der Waals surface area contributed by atoms with Gasteiger partial charge in [0.2, 0.25) is 0 Å². The minimum atomic E-state index is -0.432. The smallest absolute Gasteiger partial charge is 0.407 e. The van der Waals surface area contributed by atoms with Gasteiger partial charge in [0.05, 0.1) is 0 Å². The summed E-state index contributed by atoms with van der Waals surface area (Å²) in [5.41, 5.74) is -0.432. The Bertz CT molecular complexity index is 265. The number of carbonyl (C=O) groups is 1. The number of likely N-dealkylation sites (N-methyl/N-ethyl adjacent to an activating group) is 1. The van der Waals surface area contributed by atoms with Crippen LogP contribution in [0.4, 0.5) is 4.79 Å². The lowest BCUT2D eigenvalue weighted by Crippen LogP contribution is -2.42. The monoisotopic (exact) mass is 287 g/mol. The number of nitrogens with one attached hydrogen (secondary N) is 2. The molecule has 0 radical (unpaired) electrons. The van der Waals surface area contributed by atoms with Gasteiger partial charge in [-0.15, -0.1) is 0 Å². The van der Waals surface area contributed by atoms with Crippen molar-refractivity contribution in [3.63, 3.8) is 0 Å². The predicted molar refractivity (Wildman–Crippen MR) is 84.0 cm³/mol. The van der Waals surface area contributed by atoms with Gasteiger partial charge in [-0.3, -0.25) is 0 Å². The van der Waals surface area contributed by atoms with Gasteiger partial charge in [-0.2, -0.15) is 0 Å². The maximum atomic E-state index is 11.4. The Hall–Kier alpha value is -0.810. The largest absolute Gasteiger partial charge is 0.444 e. The van der Waals surface area contributed by atoms with Crippen LogP contribution in [-0.4, -0.2) is 56.4 Å². The highest BCUT2D eigenvalue weighted by Crippen LogP contribution is 2.06. The topological polar surface area (TPSA) is 53.6 Å². The molecule has 0 aliphatic rings. The summed E-state index contributed by atoms with van der Waals surface area (Å²) >= 11 is 0. The second-order valence-electron chi connectivity index (χ2n) is 6.76. The van der Waals surface area contributed by atoms with Crippen molar-refractivity contribution in [3.8, 4) is 0 Å². The van der Waals surface area contributed by atoms with Gasteiger partial charge in [0.1, 0.15) is 5.60 Å². The van der Waals surface area contributed by atoms with E-state index >= 15 is 0 Å². The van der Waals surface area contributed by atoms with Crippen LogP contribution in [-0.2, 0) is 4.74 Å². The van der Waals surface area contributed by atoms with Gasteiger partial charge in [0.25, 0.3) is 0 Å². The second-order valence-corrected chi connectivity index (χ2v) is 6.76. The lowest BCUT2D eigenvalue weighted by atomic mass is 10.0. The zero-order chi connectivity index (χ0) is 15.8. The summed E-state index contributed by atoms with van der Waals surface area (Å²) < 4.78 is 5.17. The number of rotatable bonds is 8. The molecular weight excluding hydrogens is 254 g/mol.